The molecule has 1 aliphatic heterocycles. The molecular weight excluding hydrogens is 316 g/mol. The quantitative estimate of drug-likeness (QED) is 0.796. The summed E-state index contributed by atoms with van der Waals surface area (Å²) in [5.74, 6) is 0.221. The van der Waals surface area contributed by atoms with Gasteiger partial charge >= 0.3 is 0 Å². The molecule has 1 saturated heterocycles. The molecule has 0 bridgehead atoms. The molecule has 138 valence electrons. The summed E-state index contributed by atoms with van der Waals surface area (Å²) < 4.78 is 0. The number of carbonyl (C=O) groups is 2. The highest BCUT2D eigenvalue weighted by atomic mass is 16.2. The minimum atomic E-state index is -0.380. The van der Waals surface area contributed by atoms with Crippen molar-refractivity contribution in [2.75, 3.05) is 32.7 Å². The lowest BCUT2D eigenvalue weighted by atomic mass is 9.96. The maximum atomic E-state index is 12.3. The number of aromatic nitrogens is 1. The van der Waals surface area contributed by atoms with Gasteiger partial charge in [-0.25, -0.2) is 0 Å². The molecule has 0 radical (unpaired) electrons. The van der Waals surface area contributed by atoms with Crippen molar-refractivity contribution in [1.29, 1.82) is 0 Å². The summed E-state index contributed by atoms with van der Waals surface area (Å²) in [4.78, 5) is 32.4. The number of amides is 2. The molecule has 0 atom stereocenters. The fourth-order valence-corrected chi connectivity index (χ4v) is 2.77. The smallest absolute Gasteiger partial charge is 0.225 e. The van der Waals surface area contributed by atoms with Gasteiger partial charge in [0.15, 0.2) is 0 Å². The Kier molecular flexibility index (Phi) is 6.93. The molecule has 1 aromatic heterocycles. The lowest BCUT2D eigenvalue weighted by Crippen LogP contribution is -2.48. The van der Waals surface area contributed by atoms with Crippen LogP contribution in [0.1, 0.15) is 39.2 Å². The minimum Gasteiger partial charge on any atom is -0.356 e. The third-order valence-corrected chi connectivity index (χ3v) is 4.41. The maximum Gasteiger partial charge on any atom is 0.225 e. The largest absolute Gasteiger partial charge is 0.356 e. The lowest BCUT2D eigenvalue weighted by molar-refractivity contribution is -0.133. The Morgan fingerprint density at radius 3 is 2.36 bits per heavy atom. The SMILES string of the molecule is CC(C)(C)C(=O)NCCCC(=O)N1CCN(Cc2ccncc2)CC1. The Morgan fingerprint density at radius 1 is 1.12 bits per heavy atom. The Hall–Kier alpha value is -1.95. The molecule has 0 aromatic carbocycles. The Labute approximate surface area is 150 Å². The average molecular weight is 346 g/mol. The third-order valence-electron chi connectivity index (χ3n) is 4.41. The summed E-state index contributed by atoms with van der Waals surface area (Å²) in [5.41, 5.74) is 0.874. The van der Waals surface area contributed by atoms with E-state index in [1.165, 1.54) is 5.56 Å². The predicted molar refractivity (Wildman–Crippen MR) is 97.8 cm³/mol. The standard InChI is InChI=1S/C19H30N4O2/c1-19(2,3)18(25)21-8-4-5-17(24)23-13-11-22(12-14-23)15-16-6-9-20-10-7-16/h6-7,9-10H,4-5,8,11-15H2,1-3H3,(H,21,25). The fraction of sp³-hybridized carbons (Fsp3) is 0.632. The normalized spacial score (nSPS) is 15.9. The van der Waals surface area contributed by atoms with Crippen LogP contribution in [0.2, 0.25) is 0 Å². The second-order valence-corrected chi connectivity index (χ2v) is 7.62. The number of nitrogens with one attached hydrogen (secondary N) is 1. The monoisotopic (exact) mass is 346 g/mol. The molecule has 2 rings (SSSR count). The van der Waals surface area contributed by atoms with Crippen LogP contribution >= 0.6 is 0 Å². The van der Waals surface area contributed by atoms with Crippen molar-refractivity contribution >= 4 is 11.8 Å². The van der Waals surface area contributed by atoms with Gasteiger partial charge in [0, 0.05) is 63.5 Å². The lowest BCUT2D eigenvalue weighted by Gasteiger charge is -2.34. The van der Waals surface area contributed by atoms with E-state index in [1.807, 2.05) is 50.2 Å². The van der Waals surface area contributed by atoms with Gasteiger partial charge in [-0.1, -0.05) is 20.8 Å². The van der Waals surface area contributed by atoms with E-state index in [0.717, 1.165) is 32.7 Å². The molecule has 0 saturated carbocycles. The van der Waals surface area contributed by atoms with Crippen LogP contribution in [0.25, 0.3) is 0 Å². The number of rotatable bonds is 6. The maximum absolute atomic E-state index is 12.3. The second-order valence-electron chi connectivity index (χ2n) is 7.62. The molecule has 0 aliphatic carbocycles. The fourth-order valence-electron chi connectivity index (χ4n) is 2.77. The van der Waals surface area contributed by atoms with Crippen LogP contribution in [0.15, 0.2) is 24.5 Å². The van der Waals surface area contributed by atoms with Crippen LogP contribution < -0.4 is 5.32 Å². The molecule has 1 aliphatic rings. The highest BCUT2D eigenvalue weighted by molar-refractivity contribution is 5.81. The minimum absolute atomic E-state index is 0.0321. The molecule has 0 spiro atoms. The molecule has 1 N–H and O–H groups in total. The van der Waals surface area contributed by atoms with Crippen molar-refractivity contribution in [3.05, 3.63) is 30.1 Å². The number of carbonyl (C=O) groups excluding carboxylic acids is 2. The first kappa shape index (κ1) is 19.4. The second kappa shape index (κ2) is 8.94. The number of hydrogen-bond donors (Lipinski definition) is 1. The van der Waals surface area contributed by atoms with E-state index >= 15 is 0 Å². The Morgan fingerprint density at radius 2 is 1.76 bits per heavy atom. The number of nitrogens with zero attached hydrogens (tertiary/aromatic N) is 3. The summed E-state index contributed by atoms with van der Waals surface area (Å²) in [6.07, 6.45) is 4.81. The first-order valence-electron chi connectivity index (χ1n) is 9.03. The summed E-state index contributed by atoms with van der Waals surface area (Å²) in [6, 6.07) is 4.06. The van der Waals surface area contributed by atoms with E-state index in [0.29, 0.717) is 19.4 Å². The molecule has 6 heteroatoms. The van der Waals surface area contributed by atoms with Gasteiger partial charge < -0.3 is 10.2 Å². The molecule has 0 unspecified atom stereocenters. The van der Waals surface area contributed by atoms with E-state index in [2.05, 4.69) is 15.2 Å². The van der Waals surface area contributed by atoms with Crippen LogP contribution in [0.5, 0.6) is 0 Å². The number of piperazine rings is 1. The van der Waals surface area contributed by atoms with Gasteiger partial charge in [0.2, 0.25) is 11.8 Å². The zero-order valence-corrected chi connectivity index (χ0v) is 15.6. The third kappa shape index (κ3) is 6.46. The number of hydrogen-bond acceptors (Lipinski definition) is 4. The van der Waals surface area contributed by atoms with Crippen molar-refractivity contribution in [2.24, 2.45) is 5.41 Å². The van der Waals surface area contributed by atoms with Gasteiger partial charge in [0.1, 0.15) is 0 Å². The van der Waals surface area contributed by atoms with Crippen molar-refractivity contribution in [3.8, 4) is 0 Å². The van der Waals surface area contributed by atoms with E-state index in [-0.39, 0.29) is 17.2 Å². The summed E-state index contributed by atoms with van der Waals surface area (Å²) in [7, 11) is 0. The molecule has 1 fully saturated rings. The summed E-state index contributed by atoms with van der Waals surface area (Å²) in [6.45, 7) is 10.5. The van der Waals surface area contributed by atoms with Gasteiger partial charge in [-0.15, -0.1) is 0 Å². The molecule has 2 heterocycles. The zero-order chi connectivity index (χ0) is 18.3. The van der Waals surface area contributed by atoms with E-state index in [1.54, 1.807) is 0 Å². The van der Waals surface area contributed by atoms with Crippen LogP contribution in [-0.4, -0.2) is 59.3 Å². The van der Waals surface area contributed by atoms with Crippen molar-refractivity contribution < 1.29 is 9.59 Å². The molecule has 1 aromatic rings. The van der Waals surface area contributed by atoms with Crippen LogP contribution in [0.3, 0.4) is 0 Å². The summed E-state index contributed by atoms with van der Waals surface area (Å²) in [5, 5.41) is 2.89. The van der Waals surface area contributed by atoms with Gasteiger partial charge in [-0.3, -0.25) is 19.5 Å². The van der Waals surface area contributed by atoms with Crippen molar-refractivity contribution in [3.63, 3.8) is 0 Å². The molecule has 25 heavy (non-hydrogen) atoms. The predicted octanol–water partition coefficient (Wildman–Crippen LogP) is 1.67. The van der Waals surface area contributed by atoms with Crippen LogP contribution in [-0.2, 0) is 16.1 Å². The average Bonchev–Trinajstić information content (AvgIpc) is 2.59. The van der Waals surface area contributed by atoms with Gasteiger partial charge in [-0.05, 0) is 24.1 Å². The number of pyridine rings is 1. The highest BCUT2D eigenvalue weighted by Crippen LogP contribution is 2.12. The van der Waals surface area contributed by atoms with Gasteiger partial charge in [-0.2, -0.15) is 0 Å². The zero-order valence-electron chi connectivity index (χ0n) is 15.6. The molecule has 2 amide bonds. The Balaban J connectivity index is 1.63. The van der Waals surface area contributed by atoms with Gasteiger partial charge in [0.05, 0.1) is 0 Å². The van der Waals surface area contributed by atoms with E-state index < -0.39 is 0 Å². The Bertz CT molecular complexity index is 561. The highest BCUT2D eigenvalue weighted by Gasteiger charge is 2.22. The van der Waals surface area contributed by atoms with E-state index in [4.69, 9.17) is 0 Å². The van der Waals surface area contributed by atoms with Crippen LogP contribution in [0.4, 0.5) is 0 Å². The van der Waals surface area contributed by atoms with Gasteiger partial charge in [0.25, 0.3) is 0 Å². The summed E-state index contributed by atoms with van der Waals surface area (Å²) >= 11 is 0. The molecular formula is C19H30N4O2. The van der Waals surface area contributed by atoms with E-state index in [9.17, 15) is 9.59 Å². The van der Waals surface area contributed by atoms with Crippen molar-refractivity contribution in [1.82, 2.24) is 20.1 Å². The first-order valence-corrected chi connectivity index (χ1v) is 9.03. The topological polar surface area (TPSA) is 65.5 Å². The van der Waals surface area contributed by atoms with Crippen LogP contribution in [0, 0.1) is 5.41 Å². The molecule has 6 nitrogen and oxygen atoms in total. The van der Waals surface area contributed by atoms with Crippen molar-refractivity contribution in [2.45, 2.75) is 40.2 Å². The first-order chi connectivity index (χ1) is 11.9.